The van der Waals surface area contributed by atoms with Crippen LogP contribution in [0.25, 0.3) is 0 Å². The summed E-state index contributed by atoms with van der Waals surface area (Å²) in [5, 5.41) is 0. The standard InChI is InChI=1S/C19H28N4O2/c20-17-6-4-16(5-7-17)14-18(24)23-12-10-21(11-13-23)15-19(25)22-8-2-1-3-9-22/h4-7H,1-3,8-15,20H2. The maximum absolute atomic E-state index is 12.4. The van der Waals surface area contributed by atoms with Gasteiger partial charge >= 0.3 is 0 Å². The number of likely N-dealkylation sites (tertiary alicyclic amines) is 1. The van der Waals surface area contributed by atoms with Gasteiger partial charge in [0.1, 0.15) is 0 Å². The molecule has 0 bridgehead atoms. The van der Waals surface area contributed by atoms with Crippen molar-refractivity contribution in [2.75, 3.05) is 51.5 Å². The lowest BCUT2D eigenvalue weighted by atomic mass is 10.1. The number of rotatable bonds is 4. The largest absolute Gasteiger partial charge is 0.399 e. The van der Waals surface area contributed by atoms with E-state index in [1.807, 2.05) is 34.1 Å². The SMILES string of the molecule is Nc1ccc(CC(=O)N2CCN(CC(=O)N3CCCCC3)CC2)cc1. The van der Waals surface area contributed by atoms with Crippen LogP contribution in [0.2, 0.25) is 0 Å². The molecule has 0 aromatic heterocycles. The zero-order valence-corrected chi connectivity index (χ0v) is 14.8. The Kier molecular flexibility index (Phi) is 5.91. The first-order valence-corrected chi connectivity index (χ1v) is 9.24. The van der Waals surface area contributed by atoms with Crippen molar-refractivity contribution in [1.29, 1.82) is 0 Å². The smallest absolute Gasteiger partial charge is 0.236 e. The fraction of sp³-hybridized carbons (Fsp3) is 0.579. The number of anilines is 1. The van der Waals surface area contributed by atoms with E-state index in [4.69, 9.17) is 5.73 Å². The molecular formula is C19H28N4O2. The molecule has 6 heteroatoms. The second kappa shape index (κ2) is 8.34. The Morgan fingerprint density at radius 1 is 0.800 bits per heavy atom. The van der Waals surface area contributed by atoms with Crippen molar-refractivity contribution in [3.8, 4) is 0 Å². The Labute approximate surface area is 149 Å². The zero-order valence-electron chi connectivity index (χ0n) is 14.8. The molecule has 0 radical (unpaired) electrons. The molecule has 2 N–H and O–H groups in total. The summed E-state index contributed by atoms with van der Waals surface area (Å²) in [5.74, 6) is 0.383. The van der Waals surface area contributed by atoms with Crippen molar-refractivity contribution in [2.24, 2.45) is 0 Å². The normalized spacial score (nSPS) is 19.0. The predicted octanol–water partition coefficient (Wildman–Crippen LogP) is 0.968. The van der Waals surface area contributed by atoms with E-state index in [-0.39, 0.29) is 11.8 Å². The highest BCUT2D eigenvalue weighted by Gasteiger charge is 2.24. The molecule has 2 heterocycles. The van der Waals surface area contributed by atoms with E-state index in [0.29, 0.717) is 31.7 Å². The summed E-state index contributed by atoms with van der Waals surface area (Å²) in [6.07, 6.45) is 3.89. The number of hydrogen-bond donors (Lipinski definition) is 1. The molecule has 1 aromatic rings. The van der Waals surface area contributed by atoms with Crippen LogP contribution in [0.4, 0.5) is 5.69 Å². The monoisotopic (exact) mass is 344 g/mol. The first-order valence-electron chi connectivity index (χ1n) is 9.24. The minimum absolute atomic E-state index is 0.145. The number of carbonyl (C=O) groups excluding carboxylic acids is 2. The highest BCUT2D eigenvalue weighted by molar-refractivity contribution is 5.79. The third-order valence-electron chi connectivity index (χ3n) is 5.13. The number of nitrogens with two attached hydrogens (primary N) is 1. The van der Waals surface area contributed by atoms with Crippen molar-refractivity contribution in [3.63, 3.8) is 0 Å². The van der Waals surface area contributed by atoms with Crippen LogP contribution >= 0.6 is 0 Å². The molecular weight excluding hydrogens is 316 g/mol. The minimum Gasteiger partial charge on any atom is -0.399 e. The highest BCUT2D eigenvalue weighted by atomic mass is 16.2. The van der Waals surface area contributed by atoms with Gasteiger partial charge in [-0.3, -0.25) is 14.5 Å². The summed E-state index contributed by atoms with van der Waals surface area (Å²) in [6, 6.07) is 7.46. The van der Waals surface area contributed by atoms with Gasteiger partial charge in [-0.15, -0.1) is 0 Å². The summed E-state index contributed by atoms with van der Waals surface area (Å²) in [4.78, 5) is 30.8. The van der Waals surface area contributed by atoms with Gasteiger partial charge in [-0.05, 0) is 37.0 Å². The number of piperidine rings is 1. The van der Waals surface area contributed by atoms with Gasteiger partial charge in [0.2, 0.25) is 11.8 Å². The second-order valence-corrected chi connectivity index (χ2v) is 7.02. The van der Waals surface area contributed by atoms with Crippen molar-refractivity contribution >= 4 is 17.5 Å². The molecule has 0 unspecified atom stereocenters. The van der Waals surface area contributed by atoms with Gasteiger partial charge in [-0.2, -0.15) is 0 Å². The molecule has 2 amide bonds. The first kappa shape index (κ1) is 17.7. The topological polar surface area (TPSA) is 69.9 Å². The van der Waals surface area contributed by atoms with Crippen LogP contribution in [0.3, 0.4) is 0 Å². The van der Waals surface area contributed by atoms with Crippen LogP contribution in [0.5, 0.6) is 0 Å². The van der Waals surface area contributed by atoms with Crippen molar-refractivity contribution in [3.05, 3.63) is 29.8 Å². The summed E-state index contributed by atoms with van der Waals surface area (Å²) in [5.41, 5.74) is 7.38. The second-order valence-electron chi connectivity index (χ2n) is 7.02. The van der Waals surface area contributed by atoms with E-state index in [2.05, 4.69) is 4.90 Å². The maximum Gasteiger partial charge on any atom is 0.236 e. The lowest BCUT2D eigenvalue weighted by Gasteiger charge is -2.36. The van der Waals surface area contributed by atoms with Gasteiger partial charge in [0.25, 0.3) is 0 Å². The van der Waals surface area contributed by atoms with Gasteiger partial charge in [0, 0.05) is 45.0 Å². The number of carbonyl (C=O) groups is 2. The Morgan fingerprint density at radius 3 is 2.04 bits per heavy atom. The highest BCUT2D eigenvalue weighted by Crippen LogP contribution is 2.12. The molecule has 2 aliphatic rings. The average molecular weight is 344 g/mol. The number of nitrogens with zero attached hydrogens (tertiary/aromatic N) is 3. The first-order chi connectivity index (χ1) is 12.1. The number of hydrogen-bond acceptors (Lipinski definition) is 4. The van der Waals surface area contributed by atoms with Crippen molar-refractivity contribution < 1.29 is 9.59 Å². The summed E-state index contributed by atoms with van der Waals surface area (Å²) in [6.45, 7) is 5.22. The minimum atomic E-state index is 0.145. The van der Waals surface area contributed by atoms with E-state index < -0.39 is 0 Å². The number of nitrogen functional groups attached to an aromatic ring is 1. The van der Waals surface area contributed by atoms with Crippen LogP contribution in [-0.4, -0.2) is 72.3 Å². The van der Waals surface area contributed by atoms with Crippen molar-refractivity contribution in [2.45, 2.75) is 25.7 Å². The average Bonchev–Trinajstić information content (AvgIpc) is 2.65. The quantitative estimate of drug-likeness (QED) is 0.826. The van der Waals surface area contributed by atoms with Gasteiger partial charge in [-0.25, -0.2) is 0 Å². The third kappa shape index (κ3) is 4.95. The summed E-state index contributed by atoms with van der Waals surface area (Å²) >= 11 is 0. The fourth-order valence-electron chi connectivity index (χ4n) is 3.51. The maximum atomic E-state index is 12.4. The Balaban J connectivity index is 1.42. The molecule has 0 aliphatic carbocycles. The lowest BCUT2D eigenvalue weighted by molar-refractivity contribution is -0.135. The lowest BCUT2D eigenvalue weighted by Crippen LogP contribution is -2.52. The molecule has 0 spiro atoms. The molecule has 0 saturated carbocycles. The predicted molar refractivity (Wildman–Crippen MR) is 98.0 cm³/mol. The van der Waals surface area contributed by atoms with Crippen LogP contribution < -0.4 is 5.73 Å². The van der Waals surface area contributed by atoms with E-state index in [9.17, 15) is 9.59 Å². The molecule has 3 rings (SSSR count). The summed E-state index contributed by atoms with van der Waals surface area (Å²) in [7, 11) is 0. The number of amides is 2. The van der Waals surface area contributed by atoms with Crippen LogP contribution in [0, 0.1) is 0 Å². The number of benzene rings is 1. The van der Waals surface area contributed by atoms with Gasteiger partial charge < -0.3 is 15.5 Å². The van der Waals surface area contributed by atoms with Gasteiger partial charge in [0.15, 0.2) is 0 Å². The molecule has 2 saturated heterocycles. The molecule has 1 aromatic carbocycles. The van der Waals surface area contributed by atoms with Crippen LogP contribution in [0.15, 0.2) is 24.3 Å². The molecule has 0 atom stereocenters. The molecule has 2 aliphatic heterocycles. The molecule has 6 nitrogen and oxygen atoms in total. The number of piperazine rings is 1. The van der Waals surface area contributed by atoms with Crippen molar-refractivity contribution in [1.82, 2.24) is 14.7 Å². The molecule has 2 fully saturated rings. The molecule has 25 heavy (non-hydrogen) atoms. The third-order valence-corrected chi connectivity index (χ3v) is 5.13. The van der Waals surface area contributed by atoms with Gasteiger partial charge in [-0.1, -0.05) is 12.1 Å². The molecule has 136 valence electrons. The van der Waals surface area contributed by atoms with E-state index in [1.54, 1.807) is 0 Å². The zero-order chi connectivity index (χ0) is 17.6. The Morgan fingerprint density at radius 2 is 1.40 bits per heavy atom. The van der Waals surface area contributed by atoms with E-state index >= 15 is 0 Å². The fourth-order valence-corrected chi connectivity index (χ4v) is 3.51. The summed E-state index contributed by atoms with van der Waals surface area (Å²) < 4.78 is 0. The van der Waals surface area contributed by atoms with Crippen LogP contribution in [0.1, 0.15) is 24.8 Å². The van der Waals surface area contributed by atoms with E-state index in [0.717, 1.165) is 44.6 Å². The van der Waals surface area contributed by atoms with E-state index in [1.165, 1.54) is 6.42 Å². The van der Waals surface area contributed by atoms with Crippen LogP contribution in [-0.2, 0) is 16.0 Å². The van der Waals surface area contributed by atoms with Gasteiger partial charge in [0.05, 0.1) is 13.0 Å². The Hall–Kier alpha value is -2.08. The Bertz CT molecular complexity index is 588.